The van der Waals surface area contributed by atoms with Gasteiger partial charge in [0.15, 0.2) is 4.90 Å². The lowest BCUT2D eigenvalue weighted by molar-refractivity contribution is -0.140. The minimum atomic E-state index is -4.17. The Hall–Kier alpha value is -1.94. The standard InChI is InChI=1S/C8H11N3O6S/c1-11(4-6(12)17-2)18(15,16)5-3-9-8(14)10-7(5)13/h3H,4H2,1-2H3,(H2,9,10,13,14). The molecule has 0 aliphatic heterocycles. The molecule has 0 saturated carbocycles. The number of nitrogens with zero attached hydrogens (tertiary/aromatic N) is 1. The van der Waals surface area contributed by atoms with Crippen molar-refractivity contribution in [1.82, 2.24) is 14.3 Å². The van der Waals surface area contributed by atoms with Crippen LogP contribution in [0.4, 0.5) is 0 Å². The van der Waals surface area contributed by atoms with E-state index in [9.17, 15) is 22.8 Å². The summed E-state index contributed by atoms with van der Waals surface area (Å²) in [6, 6.07) is 0. The molecule has 0 amide bonds. The zero-order valence-electron chi connectivity index (χ0n) is 9.59. The highest BCUT2D eigenvalue weighted by molar-refractivity contribution is 7.89. The van der Waals surface area contributed by atoms with Gasteiger partial charge in [0, 0.05) is 13.2 Å². The van der Waals surface area contributed by atoms with E-state index in [1.807, 2.05) is 4.98 Å². The van der Waals surface area contributed by atoms with Gasteiger partial charge >= 0.3 is 11.7 Å². The number of aromatic amines is 2. The summed E-state index contributed by atoms with van der Waals surface area (Å²) in [5.74, 6) is -0.776. The quantitative estimate of drug-likeness (QED) is 0.604. The molecule has 100 valence electrons. The number of aromatic nitrogens is 2. The van der Waals surface area contributed by atoms with E-state index in [0.29, 0.717) is 4.31 Å². The molecule has 1 aromatic heterocycles. The van der Waals surface area contributed by atoms with Gasteiger partial charge in [-0.2, -0.15) is 4.31 Å². The number of rotatable bonds is 4. The van der Waals surface area contributed by atoms with E-state index in [-0.39, 0.29) is 0 Å². The smallest absolute Gasteiger partial charge is 0.325 e. The molecule has 1 heterocycles. The Labute approximate surface area is 101 Å². The first-order valence-electron chi connectivity index (χ1n) is 4.64. The van der Waals surface area contributed by atoms with E-state index in [4.69, 9.17) is 0 Å². The SMILES string of the molecule is COC(=O)CN(C)S(=O)(=O)c1c[nH]c(=O)[nH]c1=O. The summed E-state index contributed by atoms with van der Waals surface area (Å²) in [7, 11) is -1.96. The summed E-state index contributed by atoms with van der Waals surface area (Å²) >= 11 is 0. The fourth-order valence-corrected chi connectivity index (χ4v) is 2.19. The van der Waals surface area contributed by atoms with Crippen molar-refractivity contribution in [2.24, 2.45) is 0 Å². The molecule has 0 aliphatic carbocycles. The average molecular weight is 277 g/mol. The first kappa shape index (κ1) is 14.1. The van der Waals surface area contributed by atoms with Crippen molar-refractivity contribution in [3.8, 4) is 0 Å². The number of esters is 1. The number of hydrogen-bond acceptors (Lipinski definition) is 6. The summed E-state index contributed by atoms with van der Waals surface area (Å²) in [5, 5.41) is 0. The number of likely N-dealkylation sites (N-methyl/N-ethyl adjacent to an activating group) is 1. The van der Waals surface area contributed by atoms with Gasteiger partial charge in [0.1, 0.15) is 6.54 Å². The summed E-state index contributed by atoms with van der Waals surface area (Å²) in [6.07, 6.45) is 0.768. The third-order valence-corrected chi connectivity index (χ3v) is 3.86. The molecule has 0 radical (unpaired) electrons. The minimum Gasteiger partial charge on any atom is -0.468 e. The number of sulfonamides is 1. The lowest BCUT2D eigenvalue weighted by atomic mass is 10.6. The van der Waals surface area contributed by atoms with Crippen LogP contribution in [-0.4, -0.2) is 49.4 Å². The van der Waals surface area contributed by atoms with Crippen LogP contribution in [0.3, 0.4) is 0 Å². The first-order chi connectivity index (χ1) is 8.28. The Morgan fingerprint density at radius 1 is 1.44 bits per heavy atom. The molecule has 0 aliphatic rings. The second-order valence-corrected chi connectivity index (χ2v) is 5.29. The van der Waals surface area contributed by atoms with E-state index in [1.165, 1.54) is 0 Å². The van der Waals surface area contributed by atoms with Crippen molar-refractivity contribution >= 4 is 16.0 Å². The predicted molar refractivity (Wildman–Crippen MR) is 59.5 cm³/mol. The monoisotopic (exact) mass is 277 g/mol. The van der Waals surface area contributed by atoms with Crippen LogP contribution in [0.5, 0.6) is 0 Å². The lowest BCUT2D eigenvalue weighted by Gasteiger charge is -2.14. The van der Waals surface area contributed by atoms with Crippen LogP contribution in [0, 0.1) is 0 Å². The fourth-order valence-electron chi connectivity index (χ4n) is 1.09. The van der Waals surface area contributed by atoms with Gasteiger partial charge in [-0.1, -0.05) is 0 Å². The van der Waals surface area contributed by atoms with Crippen LogP contribution in [0.15, 0.2) is 20.7 Å². The zero-order valence-corrected chi connectivity index (χ0v) is 10.4. The fraction of sp³-hybridized carbons (Fsp3) is 0.375. The highest BCUT2D eigenvalue weighted by atomic mass is 32.2. The molecule has 18 heavy (non-hydrogen) atoms. The Kier molecular flexibility index (Phi) is 4.03. The van der Waals surface area contributed by atoms with E-state index >= 15 is 0 Å². The van der Waals surface area contributed by atoms with E-state index < -0.39 is 38.7 Å². The van der Waals surface area contributed by atoms with Gasteiger partial charge in [-0.25, -0.2) is 13.2 Å². The number of H-pyrrole nitrogens is 2. The largest absolute Gasteiger partial charge is 0.468 e. The van der Waals surface area contributed by atoms with Crippen molar-refractivity contribution in [3.05, 3.63) is 27.0 Å². The lowest BCUT2D eigenvalue weighted by Crippen LogP contribution is -2.37. The van der Waals surface area contributed by atoms with Crippen LogP contribution in [0.25, 0.3) is 0 Å². The van der Waals surface area contributed by atoms with E-state index in [2.05, 4.69) is 4.74 Å². The Morgan fingerprint density at radius 3 is 2.56 bits per heavy atom. The number of hydrogen-bond donors (Lipinski definition) is 2. The molecule has 0 atom stereocenters. The zero-order chi connectivity index (χ0) is 13.9. The number of carbonyl (C=O) groups is 1. The number of methoxy groups -OCH3 is 1. The molecule has 0 bridgehead atoms. The minimum absolute atomic E-state index is 0.544. The Morgan fingerprint density at radius 2 is 2.06 bits per heavy atom. The summed E-state index contributed by atoms with van der Waals surface area (Å²) in [5.41, 5.74) is -1.88. The normalized spacial score (nSPS) is 11.5. The van der Waals surface area contributed by atoms with E-state index in [1.54, 1.807) is 4.98 Å². The molecule has 0 aromatic carbocycles. The molecule has 0 spiro atoms. The molecule has 9 nitrogen and oxygen atoms in total. The second kappa shape index (κ2) is 5.14. The average Bonchev–Trinajstić information content (AvgIpc) is 2.28. The van der Waals surface area contributed by atoms with Gasteiger partial charge in [-0.3, -0.25) is 14.6 Å². The van der Waals surface area contributed by atoms with Gasteiger partial charge in [-0.15, -0.1) is 0 Å². The molecule has 2 N–H and O–H groups in total. The summed E-state index contributed by atoms with van der Waals surface area (Å²) in [6.45, 7) is -0.544. The maximum Gasteiger partial charge on any atom is 0.325 e. The summed E-state index contributed by atoms with van der Waals surface area (Å²) in [4.78, 5) is 36.2. The highest BCUT2D eigenvalue weighted by Gasteiger charge is 2.26. The van der Waals surface area contributed by atoms with Crippen LogP contribution in [0.1, 0.15) is 0 Å². The highest BCUT2D eigenvalue weighted by Crippen LogP contribution is 2.06. The van der Waals surface area contributed by atoms with E-state index in [0.717, 1.165) is 20.4 Å². The Bertz CT molecular complexity index is 658. The molecule has 0 unspecified atom stereocenters. The van der Waals surface area contributed by atoms with Gasteiger partial charge in [0.2, 0.25) is 10.0 Å². The maximum atomic E-state index is 11.9. The molecular weight excluding hydrogens is 266 g/mol. The third kappa shape index (κ3) is 2.84. The van der Waals surface area contributed by atoms with Crippen molar-refractivity contribution < 1.29 is 17.9 Å². The van der Waals surface area contributed by atoms with Gasteiger partial charge in [0.25, 0.3) is 5.56 Å². The van der Waals surface area contributed by atoms with Crippen molar-refractivity contribution in [2.45, 2.75) is 4.90 Å². The molecule has 0 saturated heterocycles. The summed E-state index contributed by atoms with van der Waals surface area (Å²) < 4.78 is 28.7. The van der Waals surface area contributed by atoms with Crippen LogP contribution in [0.2, 0.25) is 0 Å². The van der Waals surface area contributed by atoms with Crippen molar-refractivity contribution in [3.63, 3.8) is 0 Å². The number of ether oxygens (including phenoxy) is 1. The first-order valence-corrected chi connectivity index (χ1v) is 6.08. The van der Waals surface area contributed by atoms with Crippen LogP contribution >= 0.6 is 0 Å². The molecule has 10 heteroatoms. The van der Waals surface area contributed by atoms with Crippen LogP contribution in [-0.2, 0) is 19.6 Å². The molecule has 1 aromatic rings. The van der Waals surface area contributed by atoms with Crippen molar-refractivity contribution in [1.29, 1.82) is 0 Å². The van der Waals surface area contributed by atoms with Crippen molar-refractivity contribution in [2.75, 3.05) is 20.7 Å². The third-order valence-electron chi connectivity index (χ3n) is 2.05. The number of carbonyl (C=O) groups excluding carboxylic acids is 1. The molecular formula is C8H11N3O6S. The maximum absolute atomic E-state index is 11.9. The van der Waals surface area contributed by atoms with Gasteiger partial charge < -0.3 is 9.72 Å². The topological polar surface area (TPSA) is 129 Å². The Balaban J connectivity index is 3.18. The predicted octanol–water partition coefficient (Wildman–Crippen LogP) is -2.14. The number of nitrogens with one attached hydrogen (secondary N) is 2. The second-order valence-electron chi connectivity index (χ2n) is 3.27. The van der Waals surface area contributed by atoms with Gasteiger partial charge in [0.05, 0.1) is 7.11 Å². The molecule has 0 fully saturated rings. The van der Waals surface area contributed by atoms with Crippen LogP contribution < -0.4 is 11.2 Å². The molecule has 1 rings (SSSR count). The van der Waals surface area contributed by atoms with Gasteiger partial charge in [-0.05, 0) is 0 Å².